The van der Waals surface area contributed by atoms with E-state index >= 15 is 0 Å². The third kappa shape index (κ3) is 4.62. The van der Waals surface area contributed by atoms with Crippen molar-refractivity contribution in [2.24, 2.45) is 0 Å². The molecule has 0 aliphatic rings. The van der Waals surface area contributed by atoms with Crippen molar-refractivity contribution in [1.82, 2.24) is 0 Å². The van der Waals surface area contributed by atoms with Crippen LogP contribution in [0.4, 0.5) is 17.1 Å². The second-order valence-electron chi connectivity index (χ2n) is 12.5. The number of furan rings is 1. The third-order valence-electron chi connectivity index (χ3n) is 9.67. The first-order valence-corrected chi connectivity index (χ1v) is 17.4. The summed E-state index contributed by atoms with van der Waals surface area (Å²) in [5, 5.41) is 7.39. The van der Waals surface area contributed by atoms with Gasteiger partial charge in [0.05, 0.1) is 0 Å². The fourth-order valence-corrected chi connectivity index (χ4v) is 8.57. The van der Waals surface area contributed by atoms with E-state index in [4.69, 9.17) is 4.42 Å². The van der Waals surface area contributed by atoms with Crippen molar-refractivity contribution in [3.8, 4) is 22.3 Å². The van der Waals surface area contributed by atoms with Crippen LogP contribution in [0.25, 0.3) is 75.1 Å². The summed E-state index contributed by atoms with van der Waals surface area (Å²) >= 11 is 1.88. The Bertz CT molecular complexity index is 2830. The number of nitrogens with zero attached hydrogens (tertiary/aromatic N) is 1. The van der Waals surface area contributed by atoms with Crippen LogP contribution in [0.5, 0.6) is 0 Å². The molecule has 0 N–H and O–H groups in total. The van der Waals surface area contributed by atoms with Gasteiger partial charge in [0.25, 0.3) is 0 Å². The molecule has 10 rings (SSSR count). The molecule has 0 unspecified atom stereocenters. The Morgan fingerprint density at radius 3 is 1.84 bits per heavy atom. The summed E-state index contributed by atoms with van der Waals surface area (Å²) in [5.41, 5.74) is 9.93. The van der Waals surface area contributed by atoms with Crippen molar-refractivity contribution in [3.63, 3.8) is 0 Å². The molecule has 0 spiro atoms. The van der Waals surface area contributed by atoms with Gasteiger partial charge in [-0.25, -0.2) is 0 Å². The normalized spacial score (nSPS) is 11.7. The summed E-state index contributed by atoms with van der Waals surface area (Å²) in [6.07, 6.45) is 0. The molecule has 0 bridgehead atoms. The highest BCUT2D eigenvalue weighted by molar-refractivity contribution is 7.26. The Morgan fingerprint density at radius 2 is 1.00 bits per heavy atom. The monoisotopic (exact) mass is 643 g/mol. The second kappa shape index (κ2) is 11.2. The van der Waals surface area contributed by atoms with Gasteiger partial charge in [-0.15, -0.1) is 11.3 Å². The first kappa shape index (κ1) is 27.9. The Labute approximate surface area is 287 Å². The zero-order chi connectivity index (χ0) is 32.3. The Morgan fingerprint density at radius 1 is 0.388 bits per heavy atom. The lowest BCUT2D eigenvalue weighted by molar-refractivity contribution is 0.669. The van der Waals surface area contributed by atoms with E-state index in [1.807, 2.05) is 23.5 Å². The summed E-state index contributed by atoms with van der Waals surface area (Å²) < 4.78 is 8.88. The first-order valence-electron chi connectivity index (χ1n) is 16.6. The van der Waals surface area contributed by atoms with E-state index in [-0.39, 0.29) is 0 Å². The van der Waals surface area contributed by atoms with Crippen LogP contribution in [0.15, 0.2) is 180 Å². The number of para-hydroxylation sites is 1. The van der Waals surface area contributed by atoms with Crippen LogP contribution in [0.1, 0.15) is 0 Å². The van der Waals surface area contributed by atoms with E-state index in [1.54, 1.807) is 0 Å². The number of hydrogen-bond acceptors (Lipinski definition) is 3. The van der Waals surface area contributed by atoms with E-state index in [0.29, 0.717) is 0 Å². The Kier molecular flexibility index (Phi) is 6.39. The third-order valence-corrected chi connectivity index (χ3v) is 10.9. The number of hydrogen-bond donors (Lipinski definition) is 0. The van der Waals surface area contributed by atoms with Gasteiger partial charge in [0.1, 0.15) is 11.2 Å². The molecule has 10 aromatic rings. The maximum absolute atomic E-state index is 6.22. The highest BCUT2D eigenvalue weighted by atomic mass is 32.1. The minimum absolute atomic E-state index is 0.892. The van der Waals surface area contributed by atoms with Gasteiger partial charge < -0.3 is 9.32 Å². The number of thiophene rings is 1. The van der Waals surface area contributed by atoms with Crippen molar-refractivity contribution in [1.29, 1.82) is 0 Å². The van der Waals surface area contributed by atoms with Crippen molar-refractivity contribution in [2.45, 2.75) is 0 Å². The molecule has 0 saturated carbocycles. The molecule has 0 aliphatic heterocycles. The number of benzene rings is 8. The van der Waals surface area contributed by atoms with Crippen LogP contribution in [0.3, 0.4) is 0 Å². The van der Waals surface area contributed by atoms with Crippen molar-refractivity contribution in [2.75, 3.05) is 4.90 Å². The van der Waals surface area contributed by atoms with Gasteiger partial charge in [0.15, 0.2) is 0 Å². The quantitative estimate of drug-likeness (QED) is 0.186. The van der Waals surface area contributed by atoms with E-state index in [9.17, 15) is 0 Å². The van der Waals surface area contributed by atoms with E-state index in [1.165, 1.54) is 53.2 Å². The average molecular weight is 644 g/mol. The van der Waals surface area contributed by atoms with Crippen molar-refractivity contribution >= 4 is 81.3 Å². The molecule has 0 radical (unpaired) electrons. The average Bonchev–Trinajstić information content (AvgIpc) is 3.74. The summed E-state index contributed by atoms with van der Waals surface area (Å²) in [4.78, 5) is 2.36. The molecule has 230 valence electrons. The fraction of sp³-hybridized carbons (Fsp3) is 0. The van der Waals surface area contributed by atoms with Gasteiger partial charge in [0, 0.05) is 48.0 Å². The molecule has 3 heteroatoms. The van der Waals surface area contributed by atoms with E-state index in [2.05, 4.69) is 169 Å². The fourth-order valence-electron chi connectivity index (χ4n) is 7.33. The van der Waals surface area contributed by atoms with Crippen LogP contribution >= 0.6 is 11.3 Å². The zero-order valence-electron chi connectivity index (χ0n) is 26.5. The first-order chi connectivity index (χ1) is 24.3. The second-order valence-corrected chi connectivity index (χ2v) is 13.6. The number of anilines is 3. The molecule has 2 heterocycles. The molecular formula is C46H29NOS. The number of rotatable bonds is 5. The molecular weight excluding hydrogens is 615 g/mol. The van der Waals surface area contributed by atoms with E-state index in [0.717, 1.165) is 39.0 Å². The lowest BCUT2D eigenvalue weighted by Gasteiger charge is -2.26. The molecule has 49 heavy (non-hydrogen) atoms. The Balaban J connectivity index is 1.14. The zero-order valence-corrected chi connectivity index (χ0v) is 27.3. The van der Waals surface area contributed by atoms with Crippen LogP contribution in [0, 0.1) is 0 Å². The van der Waals surface area contributed by atoms with Crippen LogP contribution in [-0.2, 0) is 0 Å². The summed E-state index contributed by atoms with van der Waals surface area (Å²) in [7, 11) is 0. The molecule has 0 fully saturated rings. The molecule has 0 amide bonds. The highest BCUT2D eigenvalue weighted by Crippen LogP contribution is 2.43. The van der Waals surface area contributed by atoms with Gasteiger partial charge >= 0.3 is 0 Å². The van der Waals surface area contributed by atoms with Crippen LogP contribution in [-0.4, -0.2) is 0 Å². The minimum atomic E-state index is 0.892. The SMILES string of the molecule is c1ccc(-c2ccccc2-c2ccc(N(c3ccc4c(ccc5c6ccccc6sc45)c3)c3ccc4oc5ccccc5c4c3)cc2)cc1. The van der Waals surface area contributed by atoms with Gasteiger partial charge in [-0.1, -0.05) is 121 Å². The van der Waals surface area contributed by atoms with E-state index < -0.39 is 0 Å². The molecule has 8 aromatic carbocycles. The van der Waals surface area contributed by atoms with Crippen LogP contribution in [0.2, 0.25) is 0 Å². The standard InChI is InChI=1S/C46H29NOS/c1-2-10-30(11-3-1)36-12-4-5-13-37(36)31-18-21-33(22-19-31)47(35-24-27-44-42(29-35)39-14-6-8-16-43(39)48-44)34-23-26-38-32(28-34)20-25-41-40-15-7-9-17-45(40)49-46(38)41/h1-29H. The predicted octanol–water partition coefficient (Wildman–Crippen LogP) is 13.9. The van der Waals surface area contributed by atoms with Crippen molar-refractivity contribution in [3.05, 3.63) is 176 Å². The van der Waals surface area contributed by atoms with Gasteiger partial charge in [0.2, 0.25) is 0 Å². The maximum atomic E-state index is 6.22. The molecule has 2 aromatic heterocycles. The summed E-state index contributed by atoms with van der Waals surface area (Å²) in [6.45, 7) is 0. The topological polar surface area (TPSA) is 16.4 Å². The van der Waals surface area contributed by atoms with Crippen LogP contribution < -0.4 is 4.90 Å². The lowest BCUT2D eigenvalue weighted by Crippen LogP contribution is -2.09. The largest absolute Gasteiger partial charge is 0.456 e. The summed E-state index contributed by atoms with van der Waals surface area (Å²) in [5.74, 6) is 0. The molecule has 0 aliphatic carbocycles. The molecule has 0 atom stereocenters. The smallest absolute Gasteiger partial charge is 0.135 e. The Hall–Kier alpha value is -6.16. The maximum Gasteiger partial charge on any atom is 0.135 e. The number of fused-ring (bicyclic) bond motifs is 8. The van der Waals surface area contributed by atoms with Gasteiger partial charge in [-0.05, 0) is 87.6 Å². The van der Waals surface area contributed by atoms with Gasteiger partial charge in [-0.3, -0.25) is 0 Å². The molecule has 2 nitrogen and oxygen atoms in total. The predicted molar refractivity (Wildman–Crippen MR) is 210 cm³/mol. The molecule has 0 saturated heterocycles. The summed E-state index contributed by atoms with van der Waals surface area (Å²) in [6, 6.07) is 63.2. The van der Waals surface area contributed by atoms with Gasteiger partial charge in [-0.2, -0.15) is 0 Å². The highest BCUT2D eigenvalue weighted by Gasteiger charge is 2.18. The minimum Gasteiger partial charge on any atom is -0.456 e. The lowest BCUT2D eigenvalue weighted by atomic mass is 9.94. The van der Waals surface area contributed by atoms with Crippen molar-refractivity contribution < 1.29 is 4.42 Å².